The van der Waals surface area contributed by atoms with Gasteiger partial charge in [-0.2, -0.15) is 0 Å². The fourth-order valence-corrected chi connectivity index (χ4v) is 2.77. The van der Waals surface area contributed by atoms with Crippen LogP contribution in [0.25, 0.3) is 0 Å². The van der Waals surface area contributed by atoms with Crippen molar-refractivity contribution in [3.8, 4) is 0 Å². The molecule has 0 radical (unpaired) electrons. The van der Waals surface area contributed by atoms with Gasteiger partial charge >= 0.3 is 0 Å². The van der Waals surface area contributed by atoms with Gasteiger partial charge in [0.15, 0.2) is 0 Å². The Morgan fingerprint density at radius 2 is 2.29 bits per heavy atom. The number of benzene rings is 1. The highest BCUT2D eigenvalue weighted by molar-refractivity contribution is 9.10. The van der Waals surface area contributed by atoms with Crippen LogP contribution in [0.15, 0.2) is 22.7 Å². The van der Waals surface area contributed by atoms with Crippen molar-refractivity contribution in [2.75, 3.05) is 7.11 Å². The van der Waals surface area contributed by atoms with Crippen LogP contribution < -0.4 is 5.32 Å². The van der Waals surface area contributed by atoms with Crippen molar-refractivity contribution in [1.82, 2.24) is 5.32 Å². The highest BCUT2D eigenvalue weighted by atomic mass is 79.9. The van der Waals surface area contributed by atoms with Gasteiger partial charge in [0.25, 0.3) is 0 Å². The maximum atomic E-state index is 13.3. The zero-order chi connectivity index (χ0) is 12.3. The van der Waals surface area contributed by atoms with E-state index in [2.05, 4.69) is 21.2 Å². The van der Waals surface area contributed by atoms with Crippen LogP contribution in [0.3, 0.4) is 0 Å². The number of ether oxygens (including phenoxy) is 1. The molecule has 1 aliphatic rings. The van der Waals surface area contributed by atoms with Crippen LogP contribution in [0.5, 0.6) is 0 Å². The summed E-state index contributed by atoms with van der Waals surface area (Å²) in [5.74, 6) is -0.209. The van der Waals surface area contributed by atoms with E-state index in [-0.39, 0.29) is 5.82 Å². The lowest BCUT2D eigenvalue weighted by Crippen LogP contribution is -2.36. The fourth-order valence-electron chi connectivity index (χ4n) is 2.37. The van der Waals surface area contributed by atoms with Crippen LogP contribution in [0.2, 0.25) is 0 Å². The molecule has 2 rings (SSSR count). The third-order valence-corrected chi connectivity index (χ3v) is 4.23. The standard InChI is InChI=1S/C13H17BrFNO/c1-17-12-7-3-6-11(12)16-8-9-4-2-5-10(15)13(9)14/h2,4-5,11-12,16H,3,6-8H2,1H3. The molecule has 94 valence electrons. The highest BCUT2D eigenvalue weighted by Crippen LogP contribution is 2.24. The molecule has 0 aliphatic heterocycles. The van der Waals surface area contributed by atoms with E-state index in [1.54, 1.807) is 13.2 Å². The molecule has 2 atom stereocenters. The van der Waals surface area contributed by atoms with E-state index in [1.807, 2.05) is 6.07 Å². The molecule has 1 N–H and O–H groups in total. The first-order valence-electron chi connectivity index (χ1n) is 5.91. The van der Waals surface area contributed by atoms with Crippen LogP contribution in [-0.2, 0) is 11.3 Å². The van der Waals surface area contributed by atoms with Crippen molar-refractivity contribution in [3.05, 3.63) is 34.1 Å². The molecule has 0 amide bonds. The predicted molar refractivity (Wildman–Crippen MR) is 69.4 cm³/mol. The van der Waals surface area contributed by atoms with Gasteiger partial charge in [-0.25, -0.2) is 4.39 Å². The third-order valence-electron chi connectivity index (χ3n) is 3.34. The van der Waals surface area contributed by atoms with Crippen molar-refractivity contribution < 1.29 is 9.13 Å². The van der Waals surface area contributed by atoms with Crippen LogP contribution >= 0.6 is 15.9 Å². The second-order valence-electron chi connectivity index (χ2n) is 4.41. The van der Waals surface area contributed by atoms with Gasteiger partial charge in [0, 0.05) is 19.7 Å². The largest absolute Gasteiger partial charge is 0.380 e. The minimum Gasteiger partial charge on any atom is -0.380 e. The van der Waals surface area contributed by atoms with Gasteiger partial charge < -0.3 is 10.1 Å². The summed E-state index contributed by atoms with van der Waals surface area (Å²) in [5.41, 5.74) is 0.951. The lowest BCUT2D eigenvalue weighted by Gasteiger charge is -2.20. The first kappa shape index (κ1) is 13.0. The summed E-state index contributed by atoms with van der Waals surface area (Å²) < 4.78 is 19.3. The van der Waals surface area contributed by atoms with Crippen LogP contribution in [0.4, 0.5) is 4.39 Å². The topological polar surface area (TPSA) is 21.3 Å². The number of rotatable bonds is 4. The van der Waals surface area contributed by atoms with Gasteiger partial charge in [-0.15, -0.1) is 0 Å². The van der Waals surface area contributed by atoms with E-state index in [0.717, 1.165) is 18.4 Å². The summed E-state index contributed by atoms with van der Waals surface area (Å²) in [6.07, 6.45) is 3.73. The Labute approximate surface area is 110 Å². The lowest BCUT2D eigenvalue weighted by molar-refractivity contribution is 0.0847. The lowest BCUT2D eigenvalue weighted by atomic mass is 10.1. The summed E-state index contributed by atoms with van der Waals surface area (Å²) in [7, 11) is 1.75. The number of hydrogen-bond acceptors (Lipinski definition) is 2. The van der Waals surface area contributed by atoms with E-state index in [1.165, 1.54) is 12.5 Å². The van der Waals surface area contributed by atoms with Crippen molar-refractivity contribution >= 4 is 15.9 Å². The second-order valence-corrected chi connectivity index (χ2v) is 5.20. The van der Waals surface area contributed by atoms with Gasteiger partial charge in [-0.05, 0) is 46.8 Å². The summed E-state index contributed by atoms with van der Waals surface area (Å²) in [4.78, 5) is 0. The van der Waals surface area contributed by atoms with Gasteiger partial charge in [0.2, 0.25) is 0 Å². The average Bonchev–Trinajstić information content (AvgIpc) is 2.78. The summed E-state index contributed by atoms with van der Waals surface area (Å²) in [5, 5.41) is 3.45. The molecule has 1 aromatic carbocycles. The molecule has 2 nitrogen and oxygen atoms in total. The second kappa shape index (κ2) is 5.94. The number of hydrogen-bond donors (Lipinski definition) is 1. The smallest absolute Gasteiger partial charge is 0.137 e. The van der Waals surface area contributed by atoms with Crippen molar-refractivity contribution in [2.45, 2.75) is 38.0 Å². The molecule has 0 heterocycles. The SMILES string of the molecule is COC1CCCC1NCc1cccc(F)c1Br. The first-order valence-corrected chi connectivity index (χ1v) is 6.70. The maximum absolute atomic E-state index is 13.3. The van der Waals surface area contributed by atoms with E-state index >= 15 is 0 Å². The van der Waals surface area contributed by atoms with Gasteiger partial charge in [-0.1, -0.05) is 12.1 Å². The van der Waals surface area contributed by atoms with Gasteiger partial charge in [0.1, 0.15) is 5.82 Å². The molecular formula is C13H17BrFNO. The molecule has 2 unspecified atom stereocenters. The Morgan fingerprint density at radius 3 is 3.06 bits per heavy atom. The number of methoxy groups -OCH3 is 1. The molecular weight excluding hydrogens is 285 g/mol. The van der Waals surface area contributed by atoms with Crippen LogP contribution in [-0.4, -0.2) is 19.3 Å². The normalized spacial score (nSPS) is 24.2. The zero-order valence-electron chi connectivity index (χ0n) is 9.88. The number of nitrogens with one attached hydrogen (secondary N) is 1. The Hall–Kier alpha value is -0.450. The van der Waals surface area contributed by atoms with Crippen LogP contribution in [0, 0.1) is 5.82 Å². The number of halogens is 2. The Kier molecular flexibility index (Phi) is 4.54. The van der Waals surface area contributed by atoms with Crippen molar-refractivity contribution in [2.24, 2.45) is 0 Å². The summed E-state index contributed by atoms with van der Waals surface area (Å²) in [6.45, 7) is 0.670. The minimum atomic E-state index is -0.209. The molecule has 0 saturated heterocycles. The fraction of sp³-hybridized carbons (Fsp3) is 0.538. The molecule has 0 bridgehead atoms. The molecule has 1 saturated carbocycles. The molecule has 1 aliphatic carbocycles. The van der Waals surface area contributed by atoms with Crippen LogP contribution in [0.1, 0.15) is 24.8 Å². The highest BCUT2D eigenvalue weighted by Gasteiger charge is 2.26. The van der Waals surface area contributed by atoms with E-state index < -0.39 is 0 Å². The molecule has 4 heteroatoms. The summed E-state index contributed by atoms with van der Waals surface area (Å²) >= 11 is 3.28. The van der Waals surface area contributed by atoms with Gasteiger partial charge in [0.05, 0.1) is 10.6 Å². The molecule has 1 aromatic rings. The Morgan fingerprint density at radius 1 is 1.47 bits per heavy atom. The molecule has 0 aromatic heterocycles. The van der Waals surface area contributed by atoms with E-state index in [9.17, 15) is 4.39 Å². The molecule has 1 fully saturated rings. The molecule has 0 spiro atoms. The molecule has 17 heavy (non-hydrogen) atoms. The van der Waals surface area contributed by atoms with E-state index in [0.29, 0.717) is 23.2 Å². The summed E-state index contributed by atoms with van der Waals surface area (Å²) in [6, 6.07) is 5.51. The van der Waals surface area contributed by atoms with Crippen molar-refractivity contribution in [1.29, 1.82) is 0 Å². The third kappa shape index (κ3) is 3.06. The van der Waals surface area contributed by atoms with Crippen molar-refractivity contribution in [3.63, 3.8) is 0 Å². The minimum absolute atomic E-state index is 0.209. The predicted octanol–water partition coefficient (Wildman–Crippen LogP) is 3.25. The maximum Gasteiger partial charge on any atom is 0.137 e. The van der Waals surface area contributed by atoms with Gasteiger partial charge in [-0.3, -0.25) is 0 Å². The Balaban J connectivity index is 1.95. The zero-order valence-corrected chi connectivity index (χ0v) is 11.5. The first-order chi connectivity index (χ1) is 8.22. The average molecular weight is 302 g/mol. The quantitative estimate of drug-likeness (QED) is 0.922. The monoisotopic (exact) mass is 301 g/mol. The Bertz CT molecular complexity index is 386. The van der Waals surface area contributed by atoms with E-state index in [4.69, 9.17) is 4.74 Å².